The molecule has 3 heterocycles. The second-order valence-corrected chi connectivity index (χ2v) is 12.2. The number of aliphatic hydroxyl groups excluding tert-OH is 1. The quantitative estimate of drug-likeness (QED) is 0.499. The maximum atomic E-state index is 14.1. The highest BCUT2D eigenvalue weighted by Crippen LogP contribution is 2.40. The first-order valence-electron chi connectivity index (χ1n) is 13.3. The van der Waals surface area contributed by atoms with E-state index in [4.69, 9.17) is 0 Å². The number of aliphatic hydroxyl groups is 1. The molecule has 1 aromatic carbocycles. The minimum atomic E-state index is -0.596. The highest BCUT2D eigenvalue weighted by Gasteiger charge is 2.44. The zero-order chi connectivity index (χ0) is 26.6. The van der Waals surface area contributed by atoms with Gasteiger partial charge in [-0.15, -0.1) is 5.10 Å². The monoisotopic (exact) mass is 504 g/mol. The lowest BCUT2D eigenvalue weighted by Crippen LogP contribution is -2.47. The number of benzene rings is 1. The zero-order valence-electron chi connectivity index (χ0n) is 22.9. The first-order chi connectivity index (χ1) is 17.4. The summed E-state index contributed by atoms with van der Waals surface area (Å²) < 4.78 is 3.87. The lowest BCUT2D eigenvalue weighted by atomic mass is 9.85. The summed E-state index contributed by atoms with van der Waals surface area (Å²) in [4.78, 5) is 15.9. The van der Waals surface area contributed by atoms with E-state index >= 15 is 0 Å². The van der Waals surface area contributed by atoms with Gasteiger partial charge >= 0.3 is 0 Å². The molecule has 3 aromatic rings. The molecule has 2 N–H and O–H groups in total. The number of hydrogen-bond acceptors (Lipinski definition) is 5. The molecule has 1 aliphatic carbocycles. The molecule has 37 heavy (non-hydrogen) atoms. The van der Waals surface area contributed by atoms with E-state index in [-0.39, 0.29) is 30.0 Å². The van der Waals surface area contributed by atoms with Gasteiger partial charge in [0.15, 0.2) is 0 Å². The van der Waals surface area contributed by atoms with E-state index in [1.54, 1.807) is 9.58 Å². The van der Waals surface area contributed by atoms with Crippen molar-refractivity contribution in [3.05, 3.63) is 59.7 Å². The van der Waals surface area contributed by atoms with Crippen LogP contribution in [0, 0.1) is 12.3 Å². The van der Waals surface area contributed by atoms with Crippen LogP contribution in [0.4, 0.5) is 0 Å². The molecule has 5 rings (SSSR count). The molecule has 1 amide bonds. The minimum absolute atomic E-state index is 0.0116. The second-order valence-electron chi connectivity index (χ2n) is 12.2. The molecule has 2 aromatic heterocycles. The second kappa shape index (κ2) is 9.31. The van der Waals surface area contributed by atoms with Crippen LogP contribution in [-0.4, -0.2) is 54.2 Å². The summed E-state index contributed by atoms with van der Waals surface area (Å²) in [6, 6.07) is 5.64. The summed E-state index contributed by atoms with van der Waals surface area (Å²) in [6.07, 6.45) is 6.21. The number of aromatic nitrogens is 4. The summed E-state index contributed by atoms with van der Waals surface area (Å²) in [5.74, 6) is 0.409. The van der Waals surface area contributed by atoms with Gasteiger partial charge in [-0.05, 0) is 49.8 Å². The fourth-order valence-electron chi connectivity index (χ4n) is 5.74. The molecule has 1 aliphatic heterocycles. The summed E-state index contributed by atoms with van der Waals surface area (Å²) >= 11 is 0. The topological polar surface area (TPSA) is 88.2 Å². The van der Waals surface area contributed by atoms with Gasteiger partial charge in [0.25, 0.3) is 0 Å². The van der Waals surface area contributed by atoms with E-state index in [0.29, 0.717) is 12.3 Å². The third kappa shape index (κ3) is 4.91. The largest absolute Gasteiger partial charge is 0.391 e. The molecule has 0 bridgehead atoms. The van der Waals surface area contributed by atoms with Crippen molar-refractivity contribution in [3.8, 4) is 0 Å². The number of nitrogens with one attached hydrogen (secondary N) is 1. The van der Waals surface area contributed by atoms with Gasteiger partial charge in [0.1, 0.15) is 6.04 Å². The van der Waals surface area contributed by atoms with Gasteiger partial charge in [-0.2, -0.15) is 0 Å². The molecular formula is C29H40N6O2. The number of carbonyl (C=O) groups excluding carboxylic acids is 1. The summed E-state index contributed by atoms with van der Waals surface area (Å²) in [5.41, 5.74) is 4.90. The van der Waals surface area contributed by atoms with Gasteiger partial charge in [0, 0.05) is 54.9 Å². The number of β-amino-alcohol motifs (C(OH)–C–C–N with tert-alkyl or cyclic N) is 1. The number of amides is 1. The number of rotatable bonds is 7. The van der Waals surface area contributed by atoms with Gasteiger partial charge in [0.05, 0.1) is 23.9 Å². The average molecular weight is 505 g/mol. The van der Waals surface area contributed by atoms with Crippen molar-refractivity contribution in [3.63, 3.8) is 0 Å². The molecule has 8 heteroatoms. The molecule has 198 valence electrons. The van der Waals surface area contributed by atoms with Crippen LogP contribution in [0.3, 0.4) is 0 Å². The molecule has 4 unspecified atom stereocenters. The van der Waals surface area contributed by atoms with Crippen LogP contribution in [0.1, 0.15) is 81.8 Å². The van der Waals surface area contributed by atoms with Gasteiger partial charge in [-0.3, -0.25) is 4.79 Å². The normalized spacial score (nSPS) is 21.9. The van der Waals surface area contributed by atoms with Crippen LogP contribution in [0.15, 0.2) is 42.9 Å². The number of hydrogen-bond donors (Lipinski definition) is 2. The van der Waals surface area contributed by atoms with Gasteiger partial charge < -0.3 is 19.9 Å². The van der Waals surface area contributed by atoms with E-state index in [0.717, 1.165) is 24.2 Å². The van der Waals surface area contributed by atoms with Crippen molar-refractivity contribution < 1.29 is 9.90 Å². The van der Waals surface area contributed by atoms with Crippen LogP contribution in [0.2, 0.25) is 0 Å². The van der Waals surface area contributed by atoms with Crippen molar-refractivity contribution in [1.29, 1.82) is 0 Å². The molecule has 2 aliphatic rings. The molecule has 2 fully saturated rings. The van der Waals surface area contributed by atoms with E-state index in [2.05, 4.69) is 72.1 Å². The highest BCUT2D eigenvalue weighted by molar-refractivity contribution is 5.85. The Balaban J connectivity index is 1.38. The Hall–Kier alpha value is -3.13. The Morgan fingerprint density at radius 3 is 2.65 bits per heavy atom. The third-order valence-corrected chi connectivity index (χ3v) is 7.85. The maximum absolute atomic E-state index is 14.1. The highest BCUT2D eigenvalue weighted by atomic mass is 16.3. The van der Waals surface area contributed by atoms with Gasteiger partial charge in [-0.25, -0.2) is 4.68 Å². The van der Waals surface area contributed by atoms with Crippen molar-refractivity contribution in [1.82, 2.24) is 29.8 Å². The Morgan fingerprint density at radius 2 is 1.97 bits per heavy atom. The van der Waals surface area contributed by atoms with Crippen LogP contribution < -0.4 is 5.32 Å². The van der Waals surface area contributed by atoms with Crippen molar-refractivity contribution >= 4 is 16.8 Å². The molecule has 1 saturated heterocycles. The summed E-state index contributed by atoms with van der Waals surface area (Å²) in [7, 11) is 2.06. The molecule has 0 radical (unpaired) electrons. The zero-order valence-corrected chi connectivity index (χ0v) is 22.9. The first-order valence-corrected chi connectivity index (χ1v) is 13.3. The van der Waals surface area contributed by atoms with Gasteiger partial charge in [-0.1, -0.05) is 44.2 Å². The fourth-order valence-corrected chi connectivity index (χ4v) is 5.74. The summed E-state index contributed by atoms with van der Waals surface area (Å²) in [6.45, 7) is 15.0. The number of fused-ring (bicyclic) bond motifs is 1. The molecule has 0 spiro atoms. The van der Waals surface area contributed by atoms with Crippen LogP contribution in [-0.2, 0) is 11.8 Å². The Kier molecular flexibility index (Phi) is 6.42. The fraction of sp³-hybridized carbons (Fsp3) is 0.552. The third-order valence-electron chi connectivity index (χ3n) is 7.85. The lowest BCUT2D eigenvalue weighted by molar-refractivity contribution is -0.139. The SMILES string of the molecule is C=C(NC(C)c1cn(C)c2ccc(C)cc12)C1CC(O)CN1C(=O)C(n1cc(C2CC2)nn1)C(C)(C)C. The molecule has 4 atom stereocenters. The predicted octanol–water partition coefficient (Wildman–Crippen LogP) is 4.37. The van der Waals surface area contributed by atoms with Gasteiger partial charge in [0.2, 0.25) is 5.91 Å². The van der Waals surface area contributed by atoms with Crippen molar-refractivity contribution in [2.75, 3.05) is 6.54 Å². The standard InChI is InChI=1S/C29H40N6O2/c1-17-8-11-25-22(12-17)23(15-33(25)7)18(2)30-19(3)26-13-21(36)14-34(26)28(37)27(29(4,5)6)35-16-24(31-32-35)20-9-10-20/h8,11-12,15-16,18,20-21,26-27,30,36H,3,9-10,13-14H2,1-2,4-7H3. The Labute approximate surface area is 219 Å². The number of likely N-dealkylation sites (tertiary alicyclic amines) is 1. The van der Waals surface area contributed by atoms with Crippen molar-refractivity contribution in [2.45, 2.75) is 84.0 Å². The lowest BCUT2D eigenvalue weighted by Gasteiger charge is -2.36. The number of carbonyl (C=O) groups is 1. The first kappa shape index (κ1) is 25.5. The molecule has 1 saturated carbocycles. The Morgan fingerprint density at radius 1 is 1.24 bits per heavy atom. The minimum Gasteiger partial charge on any atom is -0.391 e. The predicted molar refractivity (Wildman–Crippen MR) is 145 cm³/mol. The Bertz CT molecular complexity index is 1330. The van der Waals surface area contributed by atoms with E-state index in [1.807, 2.05) is 27.0 Å². The number of nitrogens with zero attached hydrogens (tertiary/aromatic N) is 5. The summed E-state index contributed by atoms with van der Waals surface area (Å²) in [5, 5.41) is 24.1. The smallest absolute Gasteiger partial charge is 0.248 e. The molecular weight excluding hydrogens is 464 g/mol. The van der Waals surface area contributed by atoms with Crippen LogP contribution >= 0.6 is 0 Å². The van der Waals surface area contributed by atoms with E-state index in [9.17, 15) is 9.90 Å². The van der Waals surface area contributed by atoms with Crippen LogP contribution in [0.25, 0.3) is 10.9 Å². The maximum Gasteiger partial charge on any atom is 0.248 e. The number of aryl methyl sites for hydroxylation is 2. The average Bonchev–Trinajstić information content (AvgIpc) is 3.27. The van der Waals surface area contributed by atoms with Crippen molar-refractivity contribution in [2.24, 2.45) is 12.5 Å². The van der Waals surface area contributed by atoms with E-state index in [1.165, 1.54) is 22.0 Å². The molecule has 8 nitrogen and oxygen atoms in total. The van der Waals surface area contributed by atoms with Crippen LogP contribution in [0.5, 0.6) is 0 Å². The van der Waals surface area contributed by atoms with E-state index < -0.39 is 12.1 Å².